The van der Waals surface area contributed by atoms with Crippen LogP contribution < -0.4 is 0 Å². The van der Waals surface area contributed by atoms with E-state index >= 15 is 0 Å². The highest BCUT2D eigenvalue weighted by atomic mass is 16.5. The predicted molar refractivity (Wildman–Crippen MR) is 81.7 cm³/mol. The molecule has 2 unspecified atom stereocenters. The highest BCUT2D eigenvalue weighted by Crippen LogP contribution is 2.43. The van der Waals surface area contributed by atoms with E-state index in [-0.39, 0.29) is 5.92 Å². The van der Waals surface area contributed by atoms with Crippen LogP contribution in [0.4, 0.5) is 0 Å². The van der Waals surface area contributed by atoms with Crippen molar-refractivity contribution in [3.63, 3.8) is 0 Å². The van der Waals surface area contributed by atoms with Crippen LogP contribution in [0.15, 0.2) is 23.8 Å². The molecule has 0 saturated heterocycles. The Balaban J connectivity index is 2.77. The summed E-state index contributed by atoms with van der Waals surface area (Å²) in [6, 6.07) is 0. The molecule has 0 bridgehead atoms. The molecule has 114 valence electrons. The number of allylic oxidation sites excluding steroid dienone is 2. The van der Waals surface area contributed by atoms with Crippen LogP contribution in [0.1, 0.15) is 52.4 Å². The van der Waals surface area contributed by atoms with Gasteiger partial charge in [0, 0.05) is 13.7 Å². The fourth-order valence-electron chi connectivity index (χ4n) is 2.99. The lowest BCUT2D eigenvalue weighted by molar-refractivity contribution is -0.148. The van der Waals surface area contributed by atoms with Gasteiger partial charge in [-0.2, -0.15) is 0 Å². The molecular formula is C17H28O3. The number of hydrogen-bond donors (Lipinski definition) is 1. The van der Waals surface area contributed by atoms with Gasteiger partial charge < -0.3 is 9.84 Å². The van der Waals surface area contributed by atoms with Gasteiger partial charge in [0.05, 0.1) is 5.41 Å². The number of hydrogen-bond acceptors (Lipinski definition) is 2. The number of aliphatic carboxylic acids is 1. The minimum atomic E-state index is -0.731. The lowest BCUT2D eigenvalue weighted by atomic mass is 9.66. The van der Waals surface area contributed by atoms with Crippen LogP contribution in [0.2, 0.25) is 0 Å². The van der Waals surface area contributed by atoms with Crippen molar-refractivity contribution in [2.75, 3.05) is 13.7 Å². The minimum Gasteiger partial charge on any atom is -0.481 e. The zero-order valence-corrected chi connectivity index (χ0v) is 13.0. The van der Waals surface area contributed by atoms with Gasteiger partial charge in [0.25, 0.3) is 0 Å². The van der Waals surface area contributed by atoms with Crippen molar-refractivity contribution in [2.24, 2.45) is 11.3 Å². The largest absolute Gasteiger partial charge is 0.481 e. The van der Waals surface area contributed by atoms with Crippen LogP contribution in [0.25, 0.3) is 0 Å². The predicted octanol–water partition coefficient (Wildman–Crippen LogP) is 4.20. The Hall–Kier alpha value is -1.09. The van der Waals surface area contributed by atoms with Gasteiger partial charge in [-0.1, -0.05) is 63.3 Å². The summed E-state index contributed by atoms with van der Waals surface area (Å²) in [5, 5.41) is 9.75. The Morgan fingerprint density at radius 1 is 1.40 bits per heavy atom. The number of carboxylic acid groups (broad SMARTS) is 1. The number of carboxylic acids is 1. The molecule has 0 spiro atoms. The van der Waals surface area contributed by atoms with Crippen molar-refractivity contribution in [3.05, 3.63) is 23.8 Å². The van der Waals surface area contributed by atoms with Crippen LogP contribution in [0.3, 0.4) is 0 Å². The average Bonchev–Trinajstić information content (AvgIpc) is 2.43. The fraction of sp³-hybridized carbons (Fsp3) is 0.706. The first-order valence-corrected chi connectivity index (χ1v) is 7.69. The maximum Gasteiger partial charge on any atom is 0.314 e. The van der Waals surface area contributed by atoms with Gasteiger partial charge in [-0.3, -0.25) is 4.79 Å². The molecule has 1 rings (SSSR count). The second kappa shape index (κ2) is 8.25. The van der Waals surface area contributed by atoms with Crippen molar-refractivity contribution >= 4 is 5.97 Å². The van der Waals surface area contributed by atoms with Crippen LogP contribution in [0, 0.1) is 11.3 Å². The molecule has 1 aliphatic carbocycles. The summed E-state index contributed by atoms with van der Waals surface area (Å²) in [5.74, 6) is -0.650. The lowest BCUT2D eigenvalue weighted by Crippen LogP contribution is -2.38. The Morgan fingerprint density at radius 3 is 2.75 bits per heavy atom. The van der Waals surface area contributed by atoms with E-state index in [4.69, 9.17) is 4.74 Å². The van der Waals surface area contributed by atoms with Crippen molar-refractivity contribution < 1.29 is 14.6 Å². The summed E-state index contributed by atoms with van der Waals surface area (Å²) in [5.41, 5.74) is 0.457. The first-order chi connectivity index (χ1) is 9.58. The van der Waals surface area contributed by atoms with Crippen LogP contribution >= 0.6 is 0 Å². The van der Waals surface area contributed by atoms with Gasteiger partial charge in [0.15, 0.2) is 0 Å². The van der Waals surface area contributed by atoms with Crippen molar-refractivity contribution in [2.45, 2.75) is 52.4 Å². The molecule has 0 aromatic heterocycles. The molecule has 20 heavy (non-hydrogen) atoms. The molecule has 0 aromatic rings. The van der Waals surface area contributed by atoms with Gasteiger partial charge in [-0.25, -0.2) is 0 Å². The average molecular weight is 280 g/mol. The quantitative estimate of drug-likeness (QED) is 0.644. The van der Waals surface area contributed by atoms with Gasteiger partial charge in [0.1, 0.15) is 0 Å². The van der Waals surface area contributed by atoms with Crippen molar-refractivity contribution in [1.29, 1.82) is 0 Å². The highest BCUT2D eigenvalue weighted by Gasteiger charge is 2.43. The SMILES string of the molecule is CCCCCCC1(C(=O)O)C=CC=C(CCOC)C1C. The Labute approximate surface area is 122 Å². The minimum absolute atomic E-state index is 0.0433. The zero-order valence-electron chi connectivity index (χ0n) is 13.0. The molecule has 0 amide bonds. The van der Waals surface area contributed by atoms with E-state index in [0.29, 0.717) is 6.61 Å². The molecule has 0 radical (unpaired) electrons. The maximum absolute atomic E-state index is 11.9. The summed E-state index contributed by atoms with van der Waals surface area (Å²) in [6.07, 6.45) is 11.8. The summed E-state index contributed by atoms with van der Waals surface area (Å²) < 4.78 is 5.12. The van der Waals surface area contributed by atoms with E-state index in [9.17, 15) is 9.90 Å². The molecule has 0 saturated carbocycles. The third-order valence-electron chi connectivity index (χ3n) is 4.47. The zero-order chi connectivity index (χ0) is 15.0. The lowest BCUT2D eigenvalue weighted by Gasteiger charge is -2.36. The van der Waals surface area contributed by atoms with Gasteiger partial charge in [-0.15, -0.1) is 0 Å². The summed E-state index contributed by atoms with van der Waals surface area (Å²) >= 11 is 0. The molecular weight excluding hydrogens is 252 g/mol. The highest BCUT2D eigenvalue weighted by molar-refractivity contribution is 5.78. The number of carbonyl (C=O) groups is 1. The van der Waals surface area contributed by atoms with Gasteiger partial charge in [-0.05, 0) is 18.8 Å². The van der Waals surface area contributed by atoms with E-state index in [1.807, 2.05) is 19.1 Å². The monoisotopic (exact) mass is 280 g/mol. The first-order valence-electron chi connectivity index (χ1n) is 7.69. The number of methoxy groups -OCH3 is 1. The topological polar surface area (TPSA) is 46.5 Å². The van der Waals surface area contributed by atoms with E-state index in [1.165, 1.54) is 18.4 Å². The maximum atomic E-state index is 11.9. The molecule has 3 heteroatoms. The molecule has 0 aliphatic heterocycles. The van der Waals surface area contributed by atoms with Gasteiger partial charge >= 0.3 is 5.97 Å². The molecule has 0 heterocycles. The first kappa shape index (κ1) is 17.0. The third kappa shape index (κ3) is 3.95. The Bertz CT molecular complexity index is 370. The standard InChI is InChI=1S/C17H28O3/c1-4-5-6-7-11-17(16(18)19)12-8-9-15(14(17)2)10-13-20-3/h8-9,12,14H,4-7,10-11,13H2,1-3H3,(H,18,19). The Morgan fingerprint density at radius 2 is 2.15 bits per heavy atom. The van der Waals surface area contributed by atoms with E-state index in [0.717, 1.165) is 25.7 Å². The second-order valence-corrected chi connectivity index (χ2v) is 5.72. The summed E-state index contributed by atoms with van der Waals surface area (Å²) in [7, 11) is 1.68. The van der Waals surface area contributed by atoms with Crippen LogP contribution in [-0.4, -0.2) is 24.8 Å². The van der Waals surface area contributed by atoms with Crippen LogP contribution in [-0.2, 0) is 9.53 Å². The smallest absolute Gasteiger partial charge is 0.314 e. The second-order valence-electron chi connectivity index (χ2n) is 5.72. The molecule has 1 N–H and O–H groups in total. The summed E-state index contributed by atoms with van der Waals surface area (Å²) in [4.78, 5) is 11.9. The molecule has 0 aromatic carbocycles. The van der Waals surface area contributed by atoms with E-state index < -0.39 is 11.4 Å². The van der Waals surface area contributed by atoms with Crippen molar-refractivity contribution in [1.82, 2.24) is 0 Å². The normalized spacial score (nSPS) is 25.6. The molecule has 3 nitrogen and oxygen atoms in total. The van der Waals surface area contributed by atoms with Crippen LogP contribution in [0.5, 0.6) is 0 Å². The number of rotatable bonds is 9. The number of ether oxygens (including phenoxy) is 1. The van der Waals surface area contributed by atoms with E-state index in [2.05, 4.69) is 13.0 Å². The Kier molecular flexibility index (Phi) is 7.00. The van der Waals surface area contributed by atoms with Gasteiger partial charge in [0.2, 0.25) is 0 Å². The fourth-order valence-corrected chi connectivity index (χ4v) is 2.99. The third-order valence-corrected chi connectivity index (χ3v) is 4.47. The van der Waals surface area contributed by atoms with Crippen molar-refractivity contribution in [3.8, 4) is 0 Å². The summed E-state index contributed by atoms with van der Waals surface area (Å²) in [6.45, 7) is 4.86. The molecule has 1 aliphatic rings. The molecule has 0 fully saturated rings. The van der Waals surface area contributed by atoms with E-state index in [1.54, 1.807) is 7.11 Å². The number of unbranched alkanes of at least 4 members (excludes halogenated alkanes) is 3. The molecule has 2 atom stereocenters.